The number of benzene rings is 1. The summed E-state index contributed by atoms with van der Waals surface area (Å²) in [5.74, 6) is 0. The molecule has 1 aromatic carbocycles. The van der Waals surface area contributed by atoms with Crippen LogP contribution < -0.4 is 5.73 Å². The molecule has 0 aliphatic rings. The van der Waals surface area contributed by atoms with Crippen molar-refractivity contribution in [2.75, 3.05) is 26.4 Å². The molecule has 0 aromatic heterocycles. The van der Waals surface area contributed by atoms with Gasteiger partial charge >= 0.3 is 0 Å². The Morgan fingerprint density at radius 1 is 1.47 bits per heavy atom. The number of nitrogens with two attached hydrogens (primary N) is 1. The third-order valence-corrected chi connectivity index (χ3v) is 2.75. The van der Waals surface area contributed by atoms with Crippen LogP contribution in [-0.2, 0) is 0 Å². The second kappa shape index (κ2) is 5.33. The van der Waals surface area contributed by atoms with Crippen molar-refractivity contribution >= 4 is 27.2 Å². The van der Waals surface area contributed by atoms with Gasteiger partial charge in [0.1, 0.15) is 0 Å². The predicted octanol–water partition coefficient (Wildman–Crippen LogP) is 3.00. The van der Waals surface area contributed by atoms with Crippen molar-refractivity contribution < 1.29 is 0 Å². The van der Waals surface area contributed by atoms with Gasteiger partial charge in [-0.3, -0.25) is 0 Å². The molecule has 0 saturated heterocycles. The molecule has 0 heterocycles. The van der Waals surface area contributed by atoms with Crippen molar-refractivity contribution in [3.63, 3.8) is 0 Å². The monoisotopic (exact) mass is 268 g/mol. The Balaban J connectivity index is 2.77. The minimum atomic E-state index is 0.793. The lowest BCUT2D eigenvalue weighted by Gasteiger charge is -2.13. The van der Waals surface area contributed by atoms with Crippen molar-refractivity contribution in [2.45, 2.75) is 6.42 Å². The van der Waals surface area contributed by atoms with Crippen LogP contribution in [0.4, 0.5) is 5.69 Å². The summed E-state index contributed by atoms with van der Waals surface area (Å²) in [6, 6.07) is 5.87. The van der Waals surface area contributed by atoms with Gasteiger partial charge in [-0.15, -0.1) is 0 Å². The summed E-state index contributed by atoms with van der Waals surface area (Å²) in [6.45, 7) is 5.06. The lowest BCUT2D eigenvalue weighted by molar-refractivity contribution is 0.419. The molecule has 3 heteroatoms. The van der Waals surface area contributed by atoms with Crippen molar-refractivity contribution in [1.82, 2.24) is 4.90 Å². The maximum atomic E-state index is 5.90. The zero-order chi connectivity index (χ0) is 11.4. The number of halogens is 1. The van der Waals surface area contributed by atoms with E-state index in [-0.39, 0.29) is 0 Å². The lowest BCUT2D eigenvalue weighted by atomic mass is 10.0. The normalized spacial score (nSPS) is 10.7. The smallest absolute Gasteiger partial charge is 0.0391 e. The van der Waals surface area contributed by atoms with Gasteiger partial charge in [-0.05, 0) is 44.3 Å². The highest BCUT2D eigenvalue weighted by Crippen LogP contribution is 2.26. The van der Waals surface area contributed by atoms with Gasteiger partial charge in [-0.2, -0.15) is 0 Å². The molecule has 0 atom stereocenters. The maximum absolute atomic E-state index is 5.90. The minimum absolute atomic E-state index is 0.793. The highest BCUT2D eigenvalue weighted by atomic mass is 79.9. The van der Waals surface area contributed by atoms with E-state index >= 15 is 0 Å². The van der Waals surface area contributed by atoms with E-state index in [0.29, 0.717) is 0 Å². The molecule has 0 bridgehead atoms. The first-order valence-corrected chi connectivity index (χ1v) is 5.68. The Labute approximate surface area is 99.9 Å². The average molecular weight is 269 g/mol. The molecule has 15 heavy (non-hydrogen) atoms. The van der Waals surface area contributed by atoms with Crippen molar-refractivity contribution in [3.8, 4) is 0 Å². The molecule has 0 aliphatic heterocycles. The summed E-state index contributed by atoms with van der Waals surface area (Å²) in [4.78, 5) is 2.14. The van der Waals surface area contributed by atoms with E-state index in [1.165, 1.54) is 0 Å². The molecule has 0 aliphatic carbocycles. The van der Waals surface area contributed by atoms with Crippen LogP contribution in [0.3, 0.4) is 0 Å². The molecule has 1 aromatic rings. The molecule has 2 nitrogen and oxygen atoms in total. The van der Waals surface area contributed by atoms with E-state index in [4.69, 9.17) is 5.73 Å². The van der Waals surface area contributed by atoms with Gasteiger partial charge in [0.15, 0.2) is 0 Å². The number of nitrogen functional groups attached to an aromatic ring is 1. The number of hydrogen-bond acceptors (Lipinski definition) is 2. The quantitative estimate of drug-likeness (QED) is 0.851. The van der Waals surface area contributed by atoms with Gasteiger partial charge in [0, 0.05) is 22.3 Å². The molecule has 82 valence electrons. The van der Waals surface area contributed by atoms with E-state index in [1.54, 1.807) is 0 Å². The molecular weight excluding hydrogens is 252 g/mol. The lowest BCUT2D eigenvalue weighted by Crippen LogP contribution is -2.13. The fraction of sp³-hybridized carbons (Fsp3) is 0.333. The van der Waals surface area contributed by atoms with Crippen LogP contribution >= 0.6 is 15.9 Å². The van der Waals surface area contributed by atoms with E-state index in [0.717, 1.165) is 34.3 Å². The van der Waals surface area contributed by atoms with E-state index in [2.05, 4.69) is 41.5 Å². The van der Waals surface area contributed by atoms with Gasteiger partial charge in [0.2, 0.25) is 0 Å². The Bertz CT molecular complexity index is 359. The number of rotatable bonds is 4. The van der Waals surface area contributed by atoms with Crippen LogP contribution in [0, 0.1) is 0 Å². The summed E-state index contributed by atoms with van der Waals surface area (Å²) >= 11 is 3.44. The molecule has 1 rings (SSSR count). The zero-order valence-electron chi connectivity index (χ0n) is 9.26. The van der Waals surface area contributed by atoms with Crippen LogP contribution in [-0.4, -0.2) is 25.5 Å². The first-order chi connectivity index (χ1) is 7.00. The summed E-state index contributed by atoms with van der Waals surface area (Å²) in [7, 11) is 4.11. The van der Waals surface area contributed by atoms with Crippen LogP contribution in [0.2, 0.25) is 0 Å². The highest BCUT2D eigenvalue weighted by Gasteiger charge is 2.04. The largest absolute Gasteiger partial charge is 0.398 e. The molecule has 2 N–H and O–H groups in total. The predicted molar refractivity (Wildman–Crippen MR) is 70.8 cm³/mol. The Kier molecular flexibility index (Phi) is 4.36. The van der Waals surface area contributed by atoms with Crippen LogP contribution in [0.15, 0.2) is 29.3 Å². The highest BCUT2D eigenvalue weighted by molar-refractivity contribution is 9.10. The first kappa shape index (κ1) is 12.3. The molecule has 0 radical (unpaired) electrons. The number of anilines is 1. The number of hydrogen-bond donors (Lipinski definition) is 1. The Hall–Kier alpha value is -0.800. The maximum Gasteiger partial charge on any atom is 0.0391 e. The van der Waals surface area contributed by atoms with Crippen LogP contribution in [0.1, 0.15) is 12.0 Å². The first-order valence-electron chi connectivity index (χ1n) is 4.88. The Morgan fingerprint density at radius 2 is 2.13 bits per heavy atom. The molecule has 0 unspecified atom stereocenters. The number of nitrogens with zero attached hydrogens (tertiary/aromatic N) is 1. The average Bonchev–Trinajstić information content (AvgIpc) is 2.18. The van der Waals surface area contributed by atoms with Gasteiger partial charge in [-0.1, -0.05) is 22.5 Å². The molecule has 0 fully saturated rings. The fourth-order valence-corrected chi connectivity index (χ4v) is 1.69. The summed E-state index contributed by atoms with van der Waals surface area (Å²) in [5.41, 5.74) is 8.83. The van der Waals surface area contributed by atoms with Crippen molar-refractivity contribution in [1.29, 1.82) is 0 Å². The standard InChI is InChI=1S/C12H17BrN2/c1-9(6-7-15(2)3)11-8-10(13)4-5-12(11)14/h4-5,8H,1,6-7,14H2,2-3H3. The van der Waals surface area contributed by atoms with Gasteiger partial charge in [-0.25, -0.2) is 0 Å². The van der Waals surface area contributed by atoms with Crippen LogP contribution in [0.25, 0.3) is 5.57 Å². The second-order valence-electron chi connectivity index (χ2n) is 3.89. The van der Waals surface area contributed by atoms with E-state index in [1.807, 2.05) is 18.2 Å². The molecular formula is C12H17BrN2. The fourth-order valence-electron chi connectivity index (χ4n) is 1.33. The topological polar surface area (TPSA) is 29.3 Å². The van der Waals surface area contributed by atoms with Gasteiger partial charge in [0.05, 0.1) is 0 Å². The minimum Gasteiger partial charge on any atom is -0.398 e. The summed E-state index contributed by atoms with van der Waals surface area (Å²) in [6.07, 6.45) is 0.938. The molecule has 0 saturated carbocycles. The summed E-state index contributed by atoms with van der Waals surface area (Å²) in [5, 5.41) is 0. The van der Waals surface area contributed by atoms with Crippen molar-refractivity contribution in [3.05, 3.63) is 34.8 Å². The van der Waals surface area contributed by atoms with E-state index < -0.39 is 0 Å². The summed E-state index contributed by atoms with van der Waals surface area (Å²) < 4.78 is 1.04. The van der Waals surface area contributed by atoms with Gasteiger partial charge in [0.25, 0.3) is 0 Å². The molecule has 0 amide bonds. The molecule has 0 spiro atoms. The van der Waals surface area contributed by atoms with Crippen molar-refractivity contribution in [2.24, 2.45) is 0 Å². The van der Waals surface area contributed by atoms with E-state index in [9.17, 15) is 0 Å². The third-order valence-electron chi connectivity index (χ3n) is 2.26. The Morgan fingerprint density at radius 3 is 2.73 bits per heavy atom. The second-order valence-corrected chi connectivity index (χ2v) is 4.80. The zero-order valence-corrected chi connectivity index (χ0v) is 10.8. The van der Waals surface area contributed by atoms with Crippen LogP contribution in [0.5, 0.6) is 0 Å². The SMILES string of the molecule is C=C(CCN(C)C)c1cc(Br)ccc1N. The third kappa shape index (κ3) is 3.68. The van der Waals surface area contributed by atoms with Gasteiger partial charge < -0.3 is 10.6 Å².